The number of phosphoric ester groups is 1. The Balaban J connectivity index is 4.38. The highest BCUT2D eigenvalue weighted by molar-refractivity contribution is 7.47. The number of hydrogen-bond donors (Lipinski definition) is 3. The molecular weight excluding hydrogens is 719 g/mol. The fourth-order valence-corrected chi connectivity index (χ4v) is 6.12. The van der Waals surface area contributed by atoms with Gasteiger partial charge in [-0.3, -0.25) is 18.6 Å². The first-order valence-electron chi connectivity index (χ1n) is 21.2. The Kier molecular flexibility index (Phi) is 38.2. The van der Waals surface area contributed by atoms with Crippen LogP contribution in [-0.2, 0) is 32.7 Å². The molecule has 0 fully saturated rings. The van der Waals surface area contributed by atoms with Crippen LogP contribution in [0.25, 0.3) is 0 Å². The Morgan fingerprint density at radius 3 is 1.53 bits per heavy atom. The van der Waals surface area contributed by atoms with E-state index in [1.807, 2.05) is 0 Å². The molecular formula is C44H77O10P. The normalized spacial score (nSPS) is 14.5. The second-order valence-corrected chi connectivity index (χ2v) is 15.5. The fourth-order valence-electron chi connectivity index (χ4n) is 5.33. The van der Waals surface area contributed by atoms with Gasteiger partial charge in [0.1, 0.15) is 12.7 Å². The molecule has 11 heteroatoms. The van der Waals surface area contributed by atoms with Crippen molar-refractivity contribution in [1.82, 2.24) is 0 Å². The average molecular weight is 797 g/mol. The first kappa shape index (κ1) is 52.7. The Bertz CT molecular complexity index is 1100. The molecule has 0 bridgehead atoms. The monoisotopic (exact) mass is 797 g/mol. The molecule has 0 aliphatic heterocycles. The van der Waals surface area contributed by atoms with Gasteiger partial charge in [-0.25, -0.2) is 4.57 Å². The summed E-state index contributed by atoms with van der Waals surface area (Å²) in [7, 11) is -4.63. The molecule has 0 aliphatic carbocycles. The first-order valence-corrected chi connectivity index (χ1v) is 22.7. The van der Waals surface area contributed by atoms with Gasteiger partial charge in [0.25, 0.3) is 0 Å². The van der Waals surface area contributed by atoms with E-state index in [0.717, 1.165) is 70.6 Å². The zero-order valence-corrected chi connectivity index (χ0v) is 35.3. The number of allylic oxidation sites excluding steroid dienone is 10. The minimum Gasteiger partial charge on any atom is -0.462 e. The second-order valence-electron chi connectivity index (χ2n) is 14.0. The lowest BCUT2D eigenvalue weighted by Crippen LogP contribution is -2.29. The molecule has 0 heterocycles. The zero-order chi connectivity index (χ0) is 40.5. The number of ether oxygens (including phenoxy) is 2. The van der Waals surface area contributed by atoms with Crippen molar-refractivity contribution < 1.29 is 47.8 Å². The number of aliphatic hydroxyl groups is 2. The number of hydrogen-bond acceptors (Lipinski definition) is 9. The van der Waals surface area contributed by atoms with Crippen molar-refractivity contribution in [2.24, 2.45) is 0 Å². The highest BCUT2D eigenvalue weighted by atomic mass is 31.2. The van der Waals surface area contributed by atoms with Gasteiger partial charge in [-0.2, -0.15) is 0 Å². The first-order chi connectivity index (χ1) is 26.7. The van der Waals surface area contributed by atoms with E-state index in [0.29, 0.717) is 12.8 Å². The van der Waals surface area contributed by atoms with Crippen molar-refractivity contribution in [3.05, 3.63) is 60.8 Å². The molecule has 0 aromatic heterocycles. The number of unbranched alkanes of at least 4 members (excludes halogenated alkanes) is 15. The van der Waals surface area contributed by atoms with Crippen LogP contribution in [0, 0.1) is 0 Å². The van der Waals surface area contributed by atoms with Gasteiger partial charge in [0.05, 0.1) is 19.8 Å². The lowest BCUT2D eigenvalue weighted by molar-refractivity contribution is -0.161. The van der Waals surface area contributed by atoms with Crippen molar-refractivity contribution in [3.63, 3.8) is 0 Å². The predicted octanol–water partition coefficient (Wildman–Crippen LogP) is 11.1. The molecule has 3 N–H and O–H groups in total. The third-order valence-electron chi connectivity index (χ3n) is 8.63. The highest BCUT2D eigenvalue weighted by Gasteiger charge is 2.27. The largest absolute Gasteiger partial charge is 0.472 e. The van der Waals surface area contributed by atoms with Gasteiger partial charge >= 0.3 is 19.8 Å². The van der Waals surface area contributed by atoms with Crippen LogP contribution in [0.15, 0.2) is 60.8 Å². The minimum absolute atomic E-state index is 0.169. The van der Waals surface area contributed by atoms with Crippen LogP contribution in [0.4, 0.5) is 0 Å². The van der Waals surface area contributed by atoms with Crippen LogP contribution in [0.3, 0.4) is 0 Å². The maximum absolute atomic E-state index is 12.6. The van der Waals surface area contributed by atoms with Gasteiger partial charge in [-0.05, 0) is 77.0 Å². The van der Waals surface area contributed by atoms with Crippen molar-refractivity contribution in [2.45, 2.75) is 180 Å². The molecule has 55 heavy (non-hydrogen) atoms. The number of aliphatic hydroxyl groups excluding tert-OH is 2. The third kappa shape index (κ3) is 39.7. The zero-order valence-electron chi connectivity index (χ0n) is 34.4. The van der Waals surface area contributed by atoms with Gasteiger partial charge in [0, 0.05) is 12.8 Å². The number of carbonyl (C=O) groups is 2. The highest BCUT2D eigenvalue weighted by Crippen LogP contribution is 2.43. The number of phosphoric acid groups is 1. The Labute approximate surface area is 334 Å². The molecule has 318 valence electrons. The summed E-state index contributed by atoms with van der Waals surface area (Å²) in [6, 6.07) is 0. The molecule has 0 aromatic carbocycles. The molecule has 3 atom stereocenters. The van der Waals surface area contributed by atoms with Crippen LogP contribution >= 0.6 is 7.82 Å². The number of carbonyl (C=O) groups excluding carboxylic acids is 2. The van der Waals surface area contributed by atoms with Crippen LogP contribution < -0.4 is 0 Å². The van der Waals surface area contributed by atoms with E-state index in [9.17, 15) is 24.2 Å². The molecule has 0 saturated carbocycles. The average Bonchev–Trinajstić information content (AvgIpc) is 3.17. The minimum atomic E-state index is -4.63. The summed E-state index contributed by atoms with van der Waals surface area (Å²) in [6.45, 7) is 2.25. The summed E-state index contributed by atoms with van der Waals surface area (Å²) in [6.07, 6.45) is 43.2. The summed E-state index contributed by atoms with van der Waals surface area (Å²) >= 11 is 0. The van der Waals surface area contributed by atoms with Crippen molar-refractivity contribution in [3.8, 4) is 0 Å². The van der Waals surface area contributed by atoms with E-state index >= 15 is 0 Å². The quantitative estimate of drug-likeness (QED) is 0.0237. The third-order valence-corrected chi connectivity index (χ3v) is 9.58. The molecule has 10 nitrogen and oxygen atoms in total. The van der Waals surface area contributed by atoms with Gasteiger partial charge in [0.15, 0.2) is 6.10 Å². The van der Waals surface area contributed by atoms with E-state index in [1.165, 1.54) is 57.8 Å². The summed E-state index contributed by atoms with van der Waals surface area (Å²) in [5.41, 5.74) is 0. The van der Waals surface area contributed by atoms with E-state index in [2.05, 4.69) is 79.1 Å². The molecule has 0 amide bonds. The van der Waals surface area contributed by atoms with Crippen LogP contribution in [0.1, 0.15) is 168 Å². The lowest BCUT2D eigenvalue weighted by Gasteiger charge is -2.20. The molecule has 0 aromatic rings. The van der Waals surface area contributed by atoms with Gasteiger partial charge in [-0.15, -0.1) is 0 Å². The number of rotatable bonds is 39. The summed E-state index contributed by atoms with van der Waals surface area (Å²) in [4.78, 5) is 35.0. The summed E-state index contributed by atoms with van der Waals surface area (Å²) < 4.78 is 32.7. The Morgan fingerprint density at radius 2 is 0.982 bits per heavy atom. The Morgan fingerprint density at radius 1 is 0.545 bits per heavy atom. The van der Waals surface area contributed by atoms with Crippen molar-refractivity contribution in [1.29, 1.82) is 0 Å². The molecule has 0 radical (unpaired) electrons. The molecule has 0 aliphatic rings. The van der Waals surface area contributed by atoms with E-state index in [-0.39, 0.29) is 19.4 Å². The smallest absolute Gasteiger partial charge is 0.462 e. The maximum Gasteiger partial charge on any atom is 0.472 e. The van der Waals surface area contributed by atoms with E-state index in [4.69, 9.17) is 19.1 Å². The van der Waals surface area contributed by atoms with Crippen LogP contribution in [-0.4, -0.2) is 65.7 Å². The van der Waals surface area contributed by atoms with Gasteiger partial charge in [0.2, 0.25) is 0 Å². The second kappa shape index (κ2) is 39.9. The fraction of sp³-hybridized carbons (Fsp3) is 0.727. The maximum atomic E-state index is 12.6. The van der Waals surface area contributed by atoms with Gasteiger partial charge in [-0.1, -0.05) is 139 Å². The predicted molar refractivity (Wildman–Crippen MR) is 224 cm³/mol. The Hall–Kier alpha value is -2.33. The summed E-state index contributed by atoms with van der Waals surface area (Å²) in [5, 5.41) is 18.3. The molecule has 0 rings (SSSR count). The van der Waals surface area contributed by atoms with Crippen molar-refractivity contribution in [2.75, 3.05) is 26.4 Å². The SMILES string of the molecule is CCC/C=C/C/C=C/C/C=C/C/C=C/CCCCCC(=O)OC[C@H](COP(=O)(O)OC[C@@H](O)CO)OC(=O)CCCCCCCCC/C=C/CCCCCC. The molecule has 0 spiro atoms. The topological polar surface area (TPSA) is 149 Å². The molecule has 1 unspecified atom stereocenters. The van der Waals surface area contributed by atoms with Crippen LogP contribution in [0.5, 0.6) is 0 Å². The van der Waals surface area contributed by atoms with Gasteiger partial charge < -0.3 is 24.6 Å². The number of esters is 2. The van der Waals surface area contributed by atoms with Crippen molar-refractivity contribution >= 4 is 19.8 Å². The standard InChI is InChI=1S/C44H77O10P/c1-3-5-7-9-11-13-15-17-19-20-22-23-25-27-29-31-33-35-43(47)51-39-42(40-53-55(49,50)52-38-41(46)37-45)54-44(48)36-34-32-30-28-26-24-21-18-16-14-12-10-8-6-4-2/h7,9,13-16,19-20,23,25,41-42,45-46H,3-6,8,10-12,17-18,21-22,24,26-40H2,1-2H3,(H,49,50)/b9-7+,15-13+,16-14+,20-19+,25-23+/t41-,42+/m0/s1. The van der Waals surface area contributed by atoms with E-state index < -0.39 is 51.8 Å². The van der Waals surface area contributed by atoms with Crippen LogP contribution in [0.2, 0.25) is 0 Å². The molecule has 0 saturated heterocycles. The lowest BCUT2D eigenvalue weighted by atomic mass is 10.1. The summed E-state index contributed by atoms with van der Waals surface area (Å²) in [5.74, 6) is -0.970. The van der Waals surface area contributed by atoms with E-state index in [1.54, 1.807) is 0 Å².